The molecule has 2 heterocycles. The van der Waals surface area contributed by atoms with E-state index in [1.54, 1.807) is 16.8 Å². The van der Waals surface area contributed by atoms with E-state index in [9.17, 15) is 8.60 Å². The van der Waals surface area contributed by atoms with Crippen LogP contribution in [0.15, 0.2) is 17.6 Å². The molecule has 1 atom stereocenters. The first kappa shape index (κ1) is 15.6. The first-order chi connectivity index (χ1) is 10.6. The highest BCUT2D eigenvalue weighted by atomic mass is 32.2. The Labute approximate surface area is 134 Å². The molecule has 0 aliphatic carbocycles. The number of benzene rings is 1. The SMILES string of the molecule is Cc1ncsc1CC[S@@](=O)Cc1cc(F)cc2c1OCOC2. The molecular weight excluding hydrogens is 325 g/mol. The fraction of sp³-hybridized carbons (Fsp3) is 0.400. The van der Waals surface area contributed by atoms with Crippen LogP contribution < -0.4 is 4.74 Å². The molecule has 0 fully saturated rings. The molecule has 0 amide bonds. The van der Waals surface area contributed by atoms with E-state index in [1.165, 1.54) is 12.1 Å². The van der Waals surface area contributed by atoms with Crippen LogP contribution in [0.3, 0.4) is 0 Å². The first-order valence-corrected chi connectivity index (χ1v) is 9.26. The molecule has 0 unspecified atom stereocenters. The maximum atomic E-state index is 13.7. The average molecular weight is 341 g/mol. The molecule has 0 bridgehead atoms. The van der Waals surface area contributed by atoms with Crippen LogP contribution in [-0.2, 0) is 34.3 Å². The monoisotopic (exact) mass is 341 g/mol. The van der Waals surface area contributed by atoms with Gasteiger partial charge in [0.2, 0.25) is 0 Å². The molecule has 2 aromatic rings. The summed E-state index contributed by atoms with van der Waals surface area (Å²) in [6.45, 7) is 2.43. The standard InChI is InChI=1S/C15H16FNO3S2/c1-10-14(21-8-17-10)2-3-22(18)7-12-5-13(16)4-11-6-19-9-20-15(11)12/h4-5,8H,2-3,6-7,9H2,1H3/t22-/m1/s1. The van der Waals surface area contributed by atoms with Crippen LogP contribution in [0.25, 0.3) is 0 Å². The van der Waals surface area contributed by atoms with Crippen LogP contribution in [0, 0.1) is 12.7 Å². The molecular formula is C15H16FNO3S2. The van der Waals surface area contributed by atoms with Gasteiger partial charge in [-0.15, -0.1) is 11.3 Å². The lowest BCUT2D eigenvalue weighted by molar-refractivity contribution is -0.0171. The highest BCUT2D eigenvalue weighted by Crippen LogP contribution is 2.30. The normalized spacial score (nSPS) is 15.2. The van der Waals surface area contributed by atoms with Crippen molar-refractivity contribution >= 4 is 22.1 Å². The fourth-order valence-electron chi connectivity index (χ4n) is 2.38. The second-order valence-electron chi connectivity index (χ2n) is 5.06. The Morgan fingerprint density at radius 1 is 1.45 bits per heavy atom. The number of hydrogen-bond donors (Lipinski definition) is 0. The first-order valence-electron chi connectivity index (χ1n) is 6.89. The fourth-order valence-corrected chi connectivity index (χ4v) is 4.43. The van der Waals surface area contributed by atoms with Crippen molar-refractivity contribution in [3.05, 3.63) is 45.2 Å². The third-order valence-corrected chi connectivity index (χ3v) is 5.76. The van der Waals surface area contributed by atoms with Crippen LogP contribution >= 0.6 is 11.3 Å². The predicted molar refractivity (Wildman–Crippen MR) is 84.0 cm³/mol. The van der Waals surface area contributed by atoms with Gasteiger partial charge in [-0.25, -0.2) is 9.37 Å². The Hall–Kier alpha value is -1.31. The van der Waals surface area contributed by atoms with Crippen molar-refractivity contribution in [3.8, 4) is 5.75 Å². The number of nitrogens with zero attached hydrogens (tertiary/aromatic N) is 1. The van der Waals surface area contributed by atoms with Crippen LogP contribution in [-0.4, -0.2) is 21.7 Å². The van der Waals surface area contributed by atoms with E-state index in [0.29, 0.717) is 29.2 Å². The summed E-state index contributed by atoms with van der Waals surface area (Å²) in [6, 6.07) is 2.81. The lowest BCUT2D eigenvalue weighted by atomic mass is 10.1. The predicted octanol–water partition coefficient (Wildman–Crippen LogP) is 2.95. The van der Waals surface area contributed by atoms with Gasteiger partial charge in [0.25, 0.3) is 0 Å². The number of thiazole rings is 1. The molecule has 7 heteroatoms. The van der Waals surface area contributed by atoms with E-state index in [1.807, 2.05) is 6.92 Å². The summed E-state index contributed by atoms with van der Waals surface area (Å²) in [4.78, 5) is 5.34. The summed E-state index contributed by atoms with van der Waals surface area (Å²) < 4.78 is 36.6. The Morgan fingerprint density at radius 2 is 2.32 bits per heavy atom. The number of rotatable bonds is 5. The van der Waals surface area contributed by atoms with Gasteiger partial charge in [0.1, 0.15) is 11.6 Å². The van der Waals surface area contributed by atoms with Gasteiger partial charge in [0, 0.05) is 32.6 Å². The topological polar surface area (TPSA) is 48.4 Å². The molecule has 22 heavy (non-hydrogen) atoms. The van der Waals surface area contributed by atoms with Crippen molar-refractivity contribution in [2.75, 3.05) is 12.5 Å². The number of aromatic nitrogens is 1. The molecule has 1 aromatic carbocycles. The smallest absolute Gasteiger partial charge is 0.189 e. The van der Waals surface area contributed by atoms with Crippen molar-refractivity contribution in [1.82, 2.24) is 4.98 Å². The molecule has 4 nitrogen and oxygen atoms in total. The summed E-state index contributed by atoms with van der Waals surface area (Å²) in [5.74, 6) is 1.09. The maximum absolute atomic E-state index is 13.7. The van der Waals surface area contributed by atoms with Gasteiger partial charge in [-0.2, -0.15) is 0 Å². The quantitative estimate of drug-likeness (QED) is 0.839. The summed E-state index contributed by atoms with van der Waals surface area (Å²) in [5.41, 5.74) is 4.12. The Balaban J connectivity index is 1.69. The van der Waals surface area contributed by atoms with E-state index in [0.717, 1.165) is 17.0 Å². The number of hydrogen-bond acceptors (Lipinski definition) is 5. The van der Waals surface area contributed by atoms with E-state index in [2.05, 4.69) is 4.98 Å². The summed E-state index contributed by atoms with van der Waals surface area (Å²) in [6.07, 6.45) is 0.727. The molecule has 0 saturated carbocycles. The van der Waals surface area contributed by atoms with Gasteiger partial charge in [0.15, 0.2) is 6.79 Å². The molecule has 3 rings (SSSR count). The number of aryl methyl sites for hydroxylation is 2. The molecule has 1 aliphatic rings. The molecule has 0 radical (unpaired) electrons. The highest BCUT2D eigenvalue weighted by Gasteiger charge is 2.18. The van der Waals surface area contributed by atoms with Crippen LogP contribution in [0.2, 0.25) is 0 Å². The Bertz CT molecular complexity index is 702. The van der Waals surface area contributed by atoms with Crippen molar-refractivity contribution in [1.29, 1.82) is 0 Å². The average Bonchev–Trinajstić information content (AvgIpc) is 2.90. The number of ether oxygens (including phenoxy) is 2. The van der Waals surface area contributed by atoms with Gasteiger partial charge in [0.05, 0.1) is 23.6 Å². The minimum Gasteiger partial charge on any atom is -0.467 e. The van der Waals surface area contributed by atoms with Gasteiger partial charge < -0.3 is 9.47 Å². The lowest BCUT2D eigenvalue weighted by Gasteiger charge is -2.20. The van der Waals surface area contributed by atoms with E-state index in [4.69, 9.17) is 9.47 Å². The van der Waals surface area contributed by atoms with Crippen LogP contribution in [0.4, 0.5) is 4.39 Å². The van der Waals surface area contributed by atoms with Crippen molar-refractivity contribution < 1.29 is 18.1 Å². The van der Waals surface area contributed by atoms with Crippen LogP contribution in [0.1, 0.15) is 21.7 Å². The number of halogens is 1. The zero-order valence-electron chi connectivity index (χ0n) is 12.1. The molecule has 0 spiro atoms. The van der Waals surface area contributed by atoms with Gasteiger partial charge in [-0.1, -0.05) is 0 Å². The Kier molecular flexibility index (Phi) is 4.85. The van der Waals surface area contributed by atoms with Crippen molar-refractivity contribution in [3.63, 3.8) is 0 Å². The summed E-state index contributed by atoms with van der Waals surface area (Å²) >= 11 is 1.58. The van der Waals surface area contributed by atoms with Gasteiger partial charge in [-0.3, -0.25) is 4.21 Å². The molecule has 0 N–H and O–H groups in total. The van der Waals surface area contributed by atoms with Crippen LogP contribution in [0.5, 0.6) is 5.75 Å². The largest absolute Gasteiger partial charge is 0.467 e. The van der Waals surface area contributed by atoms with E-state index in [-0.39, 0.29) is 18.4 Å². The summed E-state index contributed by atoms with van der Waals surface area (Å²) in [7, 11) is -1.08. The molecule has 1 aromatic heterocycles. The van der Waals surface area contributed by atoms with Crippen molar-refractivity contribution in [2.45, 2.75) is 25.7 Å². The minimum atomic E-state index is -1.08. The molecule has 118 valence electrons. The van der Waals surface area contributed by atoms with E-state index >= 15 is 0 Å². The third-order valence-electron chi connectivity index (χ3n) is 3.47. The summed E-state index contributed by atoms with van der Waals surface area (Å²) in [5, 5.41) is 0. The van der Waals surface area contributed by atoms with Crippen molar-refractivity contribution in [2.24, 2.45) is 0 Å². The maximum Gasteiger partial charge on any atom is 0.189 e. The van der Waals surface area contributed by atoms with Gasteiger partial charge >= 0.3 is 0 Å². The second-order valence-corrected chi connectivity index (χ2v) is 7.58. The zero-order chi connectivity index (χ0) is 15.5. The third kappa shape index (κ3) is 3.53. The zero-order valence-corrected chi connectivity index (χ0v) is 13.8. The van der Waals surface area contributed by atoms with E-state index < -0.39 is 10.8 Å². The molecule has 0 saturated heterocycles. The highest BCUT2D eigenvalue weighted by molar-refractivity contribution is 7.84. The molecule has 1 aliphatic heterocycles. The van der Waals surface area contributed by atoms with Gasteiger partial charge in [-0.05, 0) is 25.5 Å². The Morgan fingerprint density at radius 3 is 3.09 bits per heavy atom. The minimum absolute atomic E-state index is 0.151. The lowest BCUT2D eigenvalue weighted by Crippen LogP contribution is -2.15. The number of fused-ring (bicyclic) bond motifs is 1. The second kappa shape index (κ2) is 6.85.